The van der Waals surface area contributed by atoms with Crippen molar-refractivity contribution >= 4 is 11.9 Å². The minimum absolute atomic E-state index is 0.00553. The van der Waals surface area contributed by atoms with Crippen LogP contribution in [0.1, 0.15) is 58.8 Å². The second-order valence-electron chi connectivity index (χ2n) is 9.92. The molecule has 26 heavy (non-hydrogen) atoms. The van der Waals surface area contributed by atoms with Gasteiger partial charge in [-0.3, -0.25) is 4.79 Å². The highest BCUT2D eigenvalue weighted by molar-refractivity contribution is 5.83. The Morgan fingerprint density at radius 1 is 1.15 bits per heavy atom. The highest BCUT2D eigenvalue weighted by Crippen LogP contribution is 2.76. The van der Waals surface area contributed by atoms with E-state index in [1.54, 1.807) is 0 Å². The Morgan fingerprint density at radius 3 is 2.77 bits per heavy atom. The Kier molecular flexibility index (Phi) is 2.64. The highest BCUT2D eigenvalue weighted by Gasteiger charge is 2.81. The van der Waals surface area contributed by atoms with Crippen molar-refractivity contribution in [1.82, 2.24) is 0 Å². The molecule has 0 aromatic carbocycles. The average molecular weight is 358 g/mol. The molecule has 2 saturated heterocycles. The maximum Gasteiger partial charge on any atom is 0.509 e. The van der Waals surface area contributed by atoms with Gasteiger partial charge in [0.25, 0.3) is 0 Å². The quantitative estimate of drug-likeness (QED) is 0.376. The topological polar surface area (TPSA) is 65.1 Å². The number of ketones is 1. The molecule has 140 valence electrons. The molecule has 7 atom stereocenters. The van der Waals surface area contributed by atoms with Gasteiger partial charge < -0.3 is 14.2 Å². The van der Waals surface area contributed by atoms with E-state index in [9.17, 15) is 9.59 Å². The summed E-state index contributed by atoms with van der Waals surface area (Å²) in [5, 5.41) is 0. The average Bonchev–Trinajstić information content (AvgIpc) is 3.08. The van der Waals surface area contributed by atoms with Gasteiger partial charge >= 0.3 is 6.16 Å². The number of allylic oxidation sites excluding steroid dienone is 1. The first-order valence-electron chi connectivity index (χ1n) is 10.1. The fraction of sp³-hybridized carbons (Fsp3) is 0.810. The molecule has 0 amide bonds. The summed E-state index contributed by atoms with van der Waals surface area (Å²) in [6.07, 6.45) is 8.12. The zero-order valence-corrected chi connectivity index (χ0v) is 15.5. The smallest absolute Gasteiger partial charge is 0.430 e. The molecule has 2 aliphatic heterocycles. The maximum atomic E-state index is 12.0. The molecular formula is C21H26O5. The number of cyclic esters (lactones) is 1. The highest BCUT2D eigenvalue weighted by atomic mass is 16.8. The lowest BCUT2D eigenvalue weighted by molar-refractivity contribution is -0.123. The molecule has 3 saturated carbocycles. The van der Waals surface area contributed by atoms with E-state index < -0.39 is 11.8 Å². The molecule has 0 aromatic rings. The maximum absolute atomic E-state index is 12.0. The van der Waals surface area contributed by atoms with Crippen LogP contribution in [0.5, 0.6) is 0 Å². The number of rotatable bonds is 0. The molecule has 5 fully saturated rings. The standard InChI is InChI=1S/C21H26O5/c1-18-7-5-13(22)9-12(18)3-4-15-14-6-8-20(11-24-17(23)26-20)19(14,2)10-16-21(15,18)25-16/h3,14-16H,4-11H2,1-2H3/t14?,15?,16-,18+,19+,20-,21+/m1/s1. The van der Waals surface area contributed by atoms with Crippen molar-refractivity contribution in [3.63, 3.8) is 0 Å². The van der Waals surface area contributed by atoms with E-state index >= 15 is 0 Å². The van der Waals surface area contributed by atoms with Crippen molar-refractivity contribution in [2.45, 2.75) is 76.1 Å². The van der Waals surface area contributed by atoms with Crippen LogP contribution >= 0.6 is 0 Å². The summed E-state index contributed by atoms with van der Waals surface area (Å²) in [6, 6.07) is 0. The first-order chi connectivity index (χ1) is 12.3. The number of Topliss-reactive ketones (excluding diaryl/α,β-unsaturated/α-hetero) is 1. The van der Waals surface area contributed by atoms with Crippen LogP contribution in [0.15, 0.2) is 11.6 Å². The minimum atomic E-state index is -0.510. The normalized spacial score (nSPS) is 56.7. The van der Waals surface area contributed by atoms with Gasteiger partial charge in [-0.25, -0.2) is 4.79 Å². The number of hydrogen-bond acceptors (Lipinski definition) is 5. The van der Waals surface area contributed by atoms with E-state index in [4.69, 9.17) is 14.2 Å². The predicted molar refractivity (Wildman–Crippen MR) is 91.4 cm³/mol. The molecule has 0 radical (unpaired) electrons. The monoisotopic (exact) mass is 358 g/mol. The number of fused-ring (bicyclic) bond motifs is 4. The SMILES string of the molecule is C[C@]12CCC(=O)CC1=CCC1C3CC[C@@]4(COC(=O)O4)[C@@]3(C)C[C@H]3O[C@@]132. The molecule has 6 rings (SSSR count). The number of hydrogen-bond donors (Lipinski definition) is 0. The second kappa shape index (κ2) is 4.37. The third-order valence-corrected chi connectivity index (χ3v) is 9.31. The lowest BCUT2D eigenvalue weighted by atomic mass is 9.46. The van der Waals surface area contributed by atoms with Gasteiger partial charge in [0.1, 0.15) is 18.0 Å². The fourth-order valence-corrected chi connectivity index (χ4v) is 7.81. The molecule has 5 nitrogen and oxygen atoms in total. The molecule has 2 spiro atoms. The third-order valence-electron chi connectivity index (χ3n) is 9.31. The van der Waals surface area contributed by atoms with Gasteiger partial charge in [0.2, 0.25) is 0 Å². The van der Waals surface area contributed by atoms with Gasteiger partial charge in [-0.15, -0.1) is 0 Å². The fourth-order valence-electron chi connectivity index (χ4n) is 7.81. The zero-order valence-electron chi connectivity index (χ0n) is 15.5. The molecule has 6 aliphatic rings. The van der Waals surface area contributed by atoms with Gasteiger partial charge in [-0.05, 0) is 43.9 Å². The molecule has 4 aliphatic carbocycles. The Bertz CT molecular complexity index is 772. The summed E-state index contributed by atoms with van der Waals surface area (Å²) < 4.78 is 17.6. The third kappa shape index (κ3) is 1.48. The van der Waals surface area contributed by atoms with Crippen LogP contribution in [0.25, 0.3) is 0 Å². The van der Waals surface area contributed by atoms with Crippen LogP contribution in [0.4, 0.5) is 4.79 Å². The lowest BCUT2D eigenvalue weighted by Gasteiger charge is -2.55. The molecule has 2 heterocycles. The van der Waals surface area contributed by atoms with Crippen molar-refractivity contribution in [1.29, 1.82) is 0 Å². The zero-order chi connectivity index (χ0) is 17.9. The van der Waals surface area contributed by atoms with E-state index in [1.807, 2.05) is 0 Å². The van der Waals surface area contributed by atoms with Gasteiger partial charge in [0, 0.05) is 23.7 Å². The number of epoxide rings is 1. The summed E-state index contributed by atoms with van der Waals surface area (Å²) in [4.78, 5) is 23.8. The van der Waals surface area contributed by atoms with Gasteiger partial charge in [-0.1, -0.05) is 25.5 Å². The minimum Gasteiger partial charge on any atom is -0.430 e. The van der Waals surface area contributed by atoms with Crippen LogP contribution in [0, 0.1) is 22.7 Å². The Hall–Kier alpha value is -1.36. The van der Waals surface area contributed by atoms with Gasteiger partial charge in [-0.2, -0.15) is 0 Å². The van der Waals surface area contributed by atoms with E-state index in [0.29, 0.717) is 37.1 Å². The van der Waals surface area contributed by atoms with E-state index in [2.05, 4.69) is 19.9 Å². The van der Waals surface area contributed by atoms with Crippen molar-refractivity contribution in [3.8, 4) is 0 Å². The van der Waals surface area contributed by atoms with Crippen LogP contribution in [-0.4, -0.2) is 35.9 Å². The van der Waals surface area contributed by atoms with Crippen LogP contribution in [0.2, 0.25) is 0 Å². The first-order valence-corrected chi connectivity index (χ1v) is 10.1. The Labute approximate surface area is 153 Å². The van der Waals surface area contributed by atoms with E-state index in [1.165, 1.54) is 5.57 Å². The van der Waals surface area contributed by atoms with Crippen molar-refractivity contribution in [2.24, 2.45) is 22.7 Å². The van der Waals surface area contributed by atoms with E-state index in [-0.39, 0.29) is 22.5 Å². The molecule has 0 N–H and O–H groups in total. The second-order valence-corrected chi connectivity index (χ2v) is 9.92. The molecule has 5 heteroatoms. The van der Waals surface area contributed by atoms with Crippen molar-refractivity contribution in [3.05, 3.63) is 11.6 Å². The summed E-state index contributed by atoms with van der Waals surface area (Å²) in [7, 11) is 0. The summed E-state index contributed by atoms with van der Waals surface area (Å²) in [5.74, 6) is 1.30. The van der Waals surface area contributed by atoms with E-state index in [0.717, 1.165) is 32.1 Å². The van der Waals surface area contributed by atoms with Gasteiger partial charge in [0.15, 0.2) is 5.60 Å². The van der Waals surface area contributed by atoms with Gasteiger partial charge in [0.05, 0.1) is 6.10 Å². The molecular weight excluding hydrogens is 332 g/mol. The van der Waals surface area contributed by atoms with Crippen LogP contribution < -0.4 is 0 Å². The first kappa shape index (κ1) is 15.7. The summed E-state index contributed by atoms with van der Waals surface area (Å²) in [6.45, 7) is 5.02. The molecule has 0 aromatic heterocycles. The number of carbonyl (C=O) groups excluding carboxylic acids is 2. The number of ether oxygens (including phenoxy) is 3. The van der Waals surface area contributed by atoms with Crippen molar-refractivity contribution < 1.29 is 23.8 Å². The molecule has 2 unspecified atom stereocenters. The Balaban J connectivity index is 1.43. The lowest BCUT2D eigenvalue weighted by Crippen LogP contribution is -2.60. The Morgan fingerprint density at radius 2 is 2.00 bits per heavy atom. The predicted octanol–water partition coefficient (Wildman–Crippen LogP) is 3.56. The number of carbonyl (C=O) groups is 2. The van der Waals surface area contributed by atoms with Crippen molar-refractivity contribution in [2.75, 3.05) is 6.61 Å². The van der Waals surface area contributed by atoms with Crippen LogP contribution in [-0.2, 0) is 19.0 Å². The van der Waals surface area contributed by atoms with Crippen LogP contribution in [0.3, 0.4) is 0 Å². The molecule has 0 bridgehead atoms. The largest absolute Gasteiger partial charge is 0.509 e. The summed E-state index contributed by atoms with van der Waals surface area (Å²) in [5.41, 5.74) is 0.659. The summed E-state index contributed by atoms with van der Waals surface area (Å²) >= 11 is 0.